The van der Waals surface area contributed by atoms with E-state index in [9.17, 15) is 0 Å². The Bertz CT molecular complexity index is 600. The number of nitrogens with zero attached hydrogens (tertiary/aromatic N) is 5. The highest BCUT2D eigenvalue weighted by atomic mass is 16.5. The van der Waals surface area contributed by atoms with Crippen LogP contribution in [0.25, 0.3) is 5.95 Å². The molecular weight excluding hydrogens is 268 g/mol. The molecule has 0 aliphatic heterocycles. The van der Waals surface area contributed by atoms with Crippen molar-refractivity contribution >= 4 is 5.95 Å². The summed E-state index contributed by atoms with van der Waals surface area (Å²) in [4.78, 5) is 16.5. The van der Waals surface area contributed by atoms with Gasteiger partial charge in [-0.25, -0.2) is 4.98 Å². The van der Waals surface area contributed by atoms with Gasteiger partial charge in [0.25, 0.3) is 0 Å². The molecule has 1 aliphatic rings. The summed E-state index contributed by atoms with van der Waals surface area (Å²) in [5.74, 6) is 1.97. The Morgan fingerprint density at radius 3 is 2.76 bits per heavy atom. The highest BCUT2D eigenvalue weighted by Crippen LogP contribution is 2.31. The number of aromatic nitrogens is 5. The minimum atomic E-state index is 0.147. The van der Waals surface area contributed by atoms with E-state index in [2.05, 4.69) is 33.8 Å². The van der Waals surface area contributed by atoms with Crippen LogP contribution in [0, 0.1) is 11.8 Å². The van der Waals surface area contributed by atoms with Crippen molar-refractivity contribution in [1.82, 2.24) is 24.5 Å². The van der Waals surface area contributed by atoms with Gasteiger partial charge in [0, 0.05) is 12.4 Å². The van der Waals surface area contributed by atoms with Crippen LogP contribution < -0.4 is 10.5 Å². The number of hydrogen-bond acceptors (Lipinski definition) is 6. The molecule has 2 aromatic rings. The van der Waals surface area contributed by atoms with Gasteiger partial charge in [-0.1, -0.05) is 13.8 Å². The standard InChI is InChI=1S/C14H20N6O/c1-9-3-4-11(7-10(9)2)21-14-18-12(15)17-13(19-14)20-6-5-16-8-20/h5-6,8-11H,3-4,7H2,1-2H3,(H2,15,17,18,19). The first-order valence-electron chi connectivity index (χ1n) is 7.28. The van der Waals surface area contributed by atoms with Gasteiger partial charge in [0.1, 0.15) is 12.4 Å². The zero-order valence-electron chi connectivity index (χ0n) is 12.3. The van der Waals surface area contributed by atoms with Gasteiger partial charge in [-0.3, -0.25) is 4.57 Å². The Kier molecular flexibility index (Phi) is 3.72. The van der Waals surface area contributed by atoms with Crippen molar-refractivity contribution in [2.24, 2.45) is 11.8 Å². The Labute approximate surface area is 123 Å². The molecule has 2 N–H and O–H groups in total. The minimum Gasteiger partial charge on any atom is -0.460 e. The molecule has 0 amide bonds. The summed E-state index contributed by atoms with van der Waals surface area (Å²) in [6, 6.07) is 0.290. The largest absolute Gasteiger partial charge is 0.460 e. The molecule has 3 rings (SSSR count). The number of ether oxygens (including phenoxy) is 1. The number of anilines is 1. The van der Waals surface area contributed by atoms with Gasteiger partial charge < -0.3 is 10.5 Å². The van der Waals surface area contributed by atoms with Gasteiger partial charge in [0.15, 0.2) is 0 Å². The monoisotopic (exact) mass is 288 g/mol. The van der Waals surface area contributed by atoms with Crippen LogP contribution in [0.15, 0.2) is 18.7 Å². The van der Waals surface area contributed by atoms with E-state index in [1.54, 1.807) is 23.3 Å². The van der Waals surface area contributed by atoms with E-state index in [0.29, 0.717) is 11.9 Å². The normalized spacial score (nSPS) is 25.7. The van der Waals surface area contributed by atoms with Crippen LogP contribution in [0.3, 0.4) is 0 Å². The topological polar surface area (TPSA) is 91.7 Å². The molecule has 1 fully saturated rings. The van der Waals surface area contributed by atoms with Gasteiger partial charge in [0.2, 0.25) is 11.9 Å². The molecule has 7 nitrogen and oxygen atoms in total. The van der Waals surface area contributed by atoms with E-state index in [4.69, 9.17) is 10.5 Å². The molecule has 1 aliphatic carbocycles. The molecular formula is C14H20N6O. The highest BCUT2D eigenvalue weighted by Gasteiger charge is 2.26. The molecule has 3 atom stereocenters. The summed E-state index contributed by atoms with van der Waals surface area (Å²) in [5.41, 5.74) is 5.74. The third kappa shape index (κ3) is 3.12. The molecule has 0 aromatic carbocycles. The van der Waals surface area contributed by atoms with Gasteiger partial charge in [-0.2, -0.15) is 15.0 Å². The van der Waals surface area contributed by atoms with Crippen molar-refractivity contribution in [3.8, 4) is 12.0 Å². The van der Waals surface area contributed by atoms with Crippen LogP contribution in [0.1, 0.15) is 33.1 Å². The fraction of sp³-hybridized carbons (Fsp3) is 0.571. The first-order valence-corrected chi connectivity index (χ1v) is 7.28. The summed E-state index contributed by atoms with van der Waals surface area (Å²) in [6.07, 6.45) is 8.38. The molecule has 0 bridgehead atoms. The van der Waals surface area contributed by atoms with Gasteiger partial charge in [-0.05, 0) is 31.1 Å². The van der Waals surface area contributed by atoms with E-state index < -0.39 is 0 Å². The molecule has 112 valence electrons. The first kappa shape index (κ1) is 13.8. The van der Waals surface area contributed by atoms with Gasteiger partial charge in [0.05, 0.1) is 0 Å². The van der Waals surface area contributed by atoms with E-state index >= 15 is 0 Å². The smallest absolute Gasteiger partial charge is 0.323 e. The average Bonchev–Trinajstić information content (AvgIpc) is 2.96. The lowest BCUT2D eigenvalue weighted by Crippen LogP contribution is -2.29. The summed E-state index contributed by atoms with van der Waals surface area (Å²) < 4.78 is 7.59. The second-order valence-corrected chi connectivity index (χ2v) is 5.75. The molecule has 0 radical (unpaired) electrons. The molecule has 3 unspecified atom stereocenters. The lowest BCUT2D eigenvalue weighted by atomic mass is 9.80. The van der Waals surface area contributed by atoms with Crippen molar-refractivity contribution in [1.29, 1.82) is 0 Å². The molecule has 2 aromatic heterocycles. The molecule has 2 heterocycles. The number of imidazole rings is 1. The number of hydrogen-bond donors (Lipinski definition) is 1. The van der Waals surface area contributed by atoms with Gasteiger partial charge >= 0.3 is 6.01 Å². The third-order valence-corrected chi connectivity index (χ3v) is 4.18. The fourth-order valence-corrected chi connectivity index (χ4v) is 2.66. The van der Waals surface area contributed by atoms with Crippen LogP contribution in [0.2, 0.25) is 0 Å². The Morgan fingerprint density at radius 1 is 1.19 bits per heavy atom. The van der Waals surface area contributed by atoms with E-state index in [0.717, 1.165) is 18.8 Å². The predicted molar refractivity (Wildman–Crippen MR) is 78.0 cm³/mol. The Morgan fingerprint density at radius 2 is 2.05 bits per heavy atom. The quantitative estimate of drug-likeness (QED) is 0.926. The fourth-order valence-electron chi connectivity index (χ4n) is 2.66. The summed E-state index contributed by atoms with van der Waals surface area (Å²) in [6.45, 7) is 4.55. The molecule has 0 saturated heterocycles. The van der Waals surface area contributed by atoms with Crippen LogP contribution in [-0.2, 0) is 0 Å². The highest BCUT2D eigenvalue weighted by molar-refractivity contribution is 5.25. The second-order valence-electron chi connectivity index (χ2n) is 5.75. The van der Waals surface area contributed by atoms with Crippen LogP contribution in [-0.4, -0.2) is 30.6 Å². The Hall–Kier alpha value is -2.18. The maximum atomic E-state index is 5.92. The van der Waals surface area contributed by atoms with Crippen LogP contribution in [0.5, 0.6) is 6.01 Å². The zero-order valence-corrected chi connectivity index (χ0v) is 12.3. The lowest BCUT2D eigenvalue weighted by molar-refractivity contribution is 0.0918. The van der Waals surface area contributed by atoms with Crippen molar-refractivity contribution in [3.63, 3.8) is 0 Å². The minimum absolute atomic E-state index is 0.147. The van der Waals surface area contributed by atoms with Crippen LogP contribution >= 0.6 is 0 Å². The summed E-state index contributed by atoms with van der Waals surface area (Å²) >= 11 is 0. The number of nitrogen functional groups attached to an aromatic ring is 1. The van der Waals surface area contributed by atoms with Crippen molar-refractivity contribution in [2.45, 2.75) is 39.2 Å². The number of rotatable bonds is 3. The van der Waals surface area contributed by atoms with Crippen molar-refractivity contribution in [2.75, 3.05) is 5.73 Å². The Balaban J connectivity index is 1.77. The first-order chi connectivity index (χ1) is 10.1. The summed E-state index contributed by atoms with van der Waals surface area (Å²) in [5, 5.41) is 0. The number of nitrogens with two attached hydrogens (primary N) is 1. The van der Waals surface area contributed by atoms with Gasteiger partial charge in [-0.15, -0.1) is 0 Å². The molecule has 7 heteroatoms. The van der Waals surface area contributed by atoms with Crippen LogP contribution in [0.4, 0.5) is 5.95 Å². The molecule has 0 spiro atoms. The van der Waals surface area contributed by atoms with Crippen molar-refractivity contribution < 1.29 is 4.74 Å². The maximum Gasteiger partial charge on any atom is 0.323 e. The SMILES string of the molecule is CC1CCC(Oc2nc(N)nc(-n3ccnc3)n2)CC1C. The summed E-state index contributed by atoms with van der Waals surface area (Å²) in [7, 11) is 0. The van der Waals surface area contributed by atoms with E-state index in [-0.39, 0.29) is 18.1 Å². The molecule has 21 heavy (non-hydrogen) atoms. The molecule has 1 saturated carbocycles. The zero-order chi connectivity index (χ0) is 14.8. The predicted octanol–water partition coefficient (Wildman–Crippen LogP) is 1.84. The van der Waals surface area contributed by atoms with Crippen molar-refractivity contribution in [3.05, 3.63) is 18.7 Å². The van der Waals surface area contributed by atoms with E-state index in [1.165, 1.54) is 6.42 Å². The second kappa shape index (κ2) is 5.67. The lowest BCUT2D eigenvalue weighted by Gasteiger charge is -2.31. The average molecular weight is 288 g/mol. The maximum absolute atomic E-state index is 5.92. The van der Waals surface area contributed by atoms with E-state index in [1.807, 2.05) is 0 Å². The third-order valence-electron chi connectivity index (χ3n) is 4.18.